The molecule has 2 fully saturated rings. The Labute approximate surface area is 112 Å². The number of nitrogens with zero attached hydrogens (tertiary/aromatic N) is 1. The number of hydrogen-bond donors (Lipinski definition) is 1. The molecule has 0 saturated carbocycles. The summed E-state index contributed by atoms with van der Waals surface area (Å²) in [6.07, 6.45) is 0.800. The number of hydrogen-bond acceptors (Lipinski definition) is 4. The Bertz CT molecular complexity index is 472. The van der Waals surface area contributed by atoms with Gasteiger partial charge in [0.05, 0.1) is 18.8 Å². The van der Waals surface area contributed by atoms with Crippen molar-refractivity contribution in [3.63, 3.8) is 0 Å². The largest absolute Gasteiger partial charge is 0.495 e. The van der Waals surface area contributed by atoms with Gasteiger partial charge in [-0.2, -0.15) is 0 Å². The van der Waals surface area contributed by atoms with E-state index in [1.165, 1.54) is 0 Å². The van der Waals surface area contributed by atoms with E-state index >= 15 is 0 Å². The third-order valence-corrected chi connectivity index (χ3v) is 3.89. The highest BCUT2D eigenvalue weighted by Gasteiger charge is 2.41. The van der Waals surface area contributed by atoms with Crippen LogP contribution in [0.3, 0.4) is 0 Å². The molecule has 2 saturated heterocycles. The molecule has 2 unspecified atom stereocenters. The second-order valence-electron chi connectivity index (χ2n) is 4.94. The van der Waals surface area contributed by atoms with Crippen LogP contribution in [0, 0.1) is 5.92 Å². The van der Waals surface area contributed by atoms with E-state index in [1.807, 2.05) is 24.3 Å². The highest BCUT2D eigenvalue weighted by Crippen LogP contribution is 2.35. The average Bonchev–Trinajstić information content (AvgIpc) is 3.07. The quantitative estimate of drug-likeness (QED) is 0.899. The first-order valence-electron chi connectivity index (χ1n) is 6.61. The van der Waals surface area contributed by atoms with Crippen LogP contribution in [0.2, 0.25) is 0 Å². The Hall–Kier alpha value is -1.75. The summed E-state index contributed by atoms with van der Waals surface area (Å²) in [4.78, 5) is 13.8. The molecular weight excluding hydrogens is 244 g/mol. The fourth-order valence-electron chi connectivity index (χ4n) is 2.89. The van der Waals surface area contributed by atoms with Crippen molar-refractivity contribution in [2.24, 2.45) is 5.92 Å². The molecule has 0 spiro atoms. The van der Waals surface area contributed by atoms with E-state index in [2.05, 4.69) is 5.32 Å². The van der Waals surface area contributed by atoms with Crippen molar-refractivity contribution in [3.05, 3.63) is 24.3 Å². The molecule has 2 heterocycles. The van der Waals surface area contributed by atoms with Crippen LogP contribution >= 0.6 is 0 Å². The van der Waals surface area contributed by atoms with Crippen LogP contribution in [0.1, 0.15) is 6.42 Å². The second kappa shape index (κ2) is 5.09. The Balaban J connectivity index is 1.93. The van der Waals surface area contributed by atoms with Crippen molar-refractivity contribution in [3.8, 4) is 5.75 Å². The Morgan fingerprint density at radius 1 is 1.42 bits per heavy atom. The predicted octanol–water partition coefficient (Wildman–Crippen LogP) is 1.63. The molecule has 1 aromatic rings. The fraction of sp³-hybridized carbons (Fsp3) is 0.500. The van der Waals surface area contributed by atoms with Crippen LogP contribution in [-0.4, -0.2) is 38.9 Å². The molecule has 2 aliphatic rings. The van der Waals surface area contributed by atoms with Gasteiger partial charge in [-0.1, -0.05) is 12.1 Å². The number of ether oxygens (including phenoxy) is 2. The van der Waals surface area contributed by atoms with E-state index in [-0.39, 0.29) is 12.1 Å². The highest BCUT2D eigenvalue weighted by atomic mass is 16.6. The molecule has 1 amide bonds. The SMILES string of the molecule is COc1ccccc1N1C(=O)OCC1C1CCNC1. The molecule has 1 aromatic carbocycles. The number of carbonyl (C=O) groups is 1. The molecule has 0 radical (unpaired) electrons. The summed E-state index contributed by atoms with van der Waals surface area (Å²) in [5.41, 5.74) is 0.796. The van der Waals surface area contributed by atoms with Crippen LogP contribution in [-0.2, 0) is 4.74 Å². The van der Waals surface area contributed by atoms with Crippen molar-refractivity contribution < 1.29 is 14.3 Å². The van der Waals surface area contributed by atoms with Crippen LogP contribution in [0.25, 0.3) is 0 Å². The topological polar surface area (TPSA) is 50.8 Å². The summed E-state index contributed by atoms with van der Waals surface area (Å²) in [5.74, 6) is 1.15. The van der Waals surface area contributed by atoms with Gasteiger partial charge in [0, 0.05) is 6.54 Å². The molecule has 2 atom stereocenters. The number of anilines is 1. The van der Waals surface area contributed by atoms with Crippen LogP contribution in [0.4, 0.5) is 10.5 Å². The summed E-state index contributed by atoms with van der Waals surface area (Å²) in [7, 11) is 1.62. The van der Waals surface area contributed by atoms with Gasteiger partial charge in [0.1, 0.15) is 12.4 Å². The van der Waals surface area contributed by atoms with Gasteiger partial charge in [0.15, 0.2) is 0 Å². The summed E-state index contributed by atoms with van der Waals surface area (Å²) < 4.78 is 10.6. The zero-order valence-corrected chi connectivity index (χ0v) is 11.0. The van der Waals surface area contributed by atoms with E-state index in [9.17, 15) is 4.79 Å². The van der Waals surface area contributed by atoms with Crippen molar-refractivity contribution in [1.29, 1.82) is 0 Å². The van der Waals surface area contributed by atoms with Crippen molar-refractivity contribution in [1.82, 2.24) is 5.32 Å². The molecule has 19 heavy (non-hydrogen) atoms. The van der Waals surface area contributed by atoms with Crippen LogP contribution in [0.15, 0.2) is 24.3 Å². The van der Waals surface area contributed by atoms with E-state index in [0.717, 1.165) is 25.2 Å². The van der Waals surface area contributed by atoms with E-state index < -0.39 is 0 Å². The van der Waals surface area contributed by atoms with Gasteiger partial charge in [0.2, 0.25) is 0 Å². The van der Waals surface area contributed by atoms with Crippen molar-refractivity contribution >= 4 is 11.8 Å². The standard InChI is InChI=1S/C14H18N2O3/c1-18-13-5-3-2-4-11(13)16-12(9-19-14(16)17)10-6-7-15-8-10/h2-5,10,12,15H,6-9H2,1H3. The summed E-state index contributed by atoms with van der Waals surface area (Å²) in [5, 5.41) is 3.34. The molecular formula is C14H18N2O3. The third kappa shape index (κ3) is 2.14. The minimum absolute atomic E-state index is 0.0961. The fourth-order valence-corrected chi connectivity index (χ4v) is 2.89. The van der Waals surface area contributed by atoms with Gasteiger partial charge in [-0.25, -0.2) is 4.79 Å². The van der Waals surface area contributed by atoms with Crippen molar-refractivity contribution in [2.75, 3.05) is 31.7 Å². The number of amides is 1. The maximum Gasteiger partial charge on any atom is 0.414 e. The van der Waals surface area contributed by atoms with Gasteiger partial charge in [-0.3, -0.25) is 4.90 Å². The molecule has 3 rings (SSSR count). The number of carbonyl (C=O) groups excluding carboxylic acids is 1. The number of methoxy groups -OCH3 is 1. The summed E-state index contributed by atoms with van der Waals surface area (Å²) in [6, 6.07) is 7.67. The maximum absolute atomic E-state index is 12.0. The molecule has 5 nitrogen and oxygen atoms in total. The Kier molecular flexibility index (Phi) is 3.29. The maximum atomic E-state index is 12.0. The Morgan fingerprint density at radius 2 is 2.26 bits per heavy atom. The molecule has 0 aromatic heterocycles. The minimum atomic E-state index is -0.276. The normalized spacial score (nSPS) is 26.6. The molecule has 0 bridgehead atoms. The number of para-hydroxylation sites is 2. The van der Waals surface area contributed by atoms with Gasteiger partial charge >= 0.3 is 6.09 Å². The monoisotopic (exact) mass is 262 g/mol. The number of nitrogens with one attached hydrogen (secondary N) is 1. The van der Waals surface area contributed by atoms with Gasteiger partial charge in [-0.05, 0) is 31.0 Å². The smallest absolute Gasteiger partial charge is 0.414 e. The zero-order valence-electron chi connectivity index (χ0n) is 11.0. The first kappa shape index (κ1) is 12.3. The van der Waals surface area contributed by atoms with Gasteiger partial charge < -0.3 is 14.8 Å². The summed E-state index contributed by atoms with van der Waals surface area (Å²) in [6.45, 7) is 2.41. The first-order chi connectivity index (χ1) is 9.31. The molecule has 102 valence electrons. The lowest BCUT2D eigenvalue weighted by Gasteiger charge is -2.26. The molecule has 2 aliphatic heterocycles. The number of benzene rings is 1. The highest BCUT2D eigenvalue weighted by molar-refractivity contribution is 5.92. The average molecular weight is 262 g/mol. The lowest BCUT2D eigenvalue weighted by molar-refractivity contribution is 0.176. The van der Waals surface area contributed by atoms with E-state index in [4.69, 9.17) is 9.47 Å². The van der Waals surface area contributed by atoms with E-state index in [1.54, 1.807) is 12.0 Å². The minimum Gasteiger partial charge on any atom is -0.495 e. The lowest BCUT2D eigenvalue weighted by atomic mass is 9.98. The van der Waals surface area contributed by atoms with Gasteiger partial charge in [-0.15, -0.1) is 0 Å². The number of rotatable bonds is 3. The van der Waals surface area contributed by atoms with Crippen LogP contribution < -0.4 is 15.0 Å². The Morgan fingerprint density at radius 3 is 3.00 bits per heavy atom. The van der Waals surface area contributed by atoms with Crippen molar-refractivity contribution in [2.45, 2.75) is 12.5 Å². The molecule has 5 heteroatoms. The third-order valence-electron chi connectivity index (χ3n) is 3.89. The number of cyclic esters (lactones) is 1. The van der Waals surface area contributed by atoms with Crippen LogP contribution in [0.5, 0.6) is 5.75 Å². The molecule has 0 aliphatic carbocycles. The first-order valence-corrected chi connectivity index (χ1v) is 6.61. The molecule has 1 N–H and O–H groups in total. The lowest BCUT2D eigenvalue weighted by Crippen LogP contribution is -2.40. The predicted molar refractivity (Wildman–Crippen MR) is 71.6 cm³/mol. The van der Waals surface area contributed by atoms with E-state index in [0.29, 0.717) is 18.3 Å². The zero-order chi connectivity index (χ0) is 13.2. The summed E-state index contributed by atoms with van der Waals surface area (Å²) >= 11 is 0. The second-order valence-corrected chi connectivity index (χ2v) is 4.94. The van der Waals surface area contributed by atoms with Gasteiger partial charge in [0.25, 0.3) is 0 Å².